The van der Waals surface area contributed by atoms with E-state index in [2.05, 4.69) is 21.0 Å². The lowest BCUT2D eigenvalue weighted by molar-refractivity contribution is 0.201. The van der Waals surface area contributed by atoms with Crippen molar-refractivity contribution in [1.29, 1.82) is 0 Å². The maximum Gasteiger partial charge on any atom is 0.344 e. The molecule has 0 aliphatic rings. The van der Waals surface area contributed by atoms with E-state index in [1.807, 2.05) is 13.8 Å². The Balaban J connectivity index is 2.49. The maximum absolute atomic E-state index is 12.7. The quantitative estimate of drug-likeness (QED) is 0.697. The van der Waals surface area contributed by atoms with Crippen molar-refractivity contribution >= 4 is 55.0 Å². The van der Waals surface area contributed by atoms with Gasteiger partial charge >= 0.3 is 6.03 Å². The molecule has 2 rings (SSSR count). The fourth-order valence-corrected chi connectivity index (χ4v) is 4.54. The molecule has 0 radical (unpaired) electrons. The molecule has 0 atom stereocenters. The van der Waals surface area contributed by atoms with Gasteiger partial charge in [-0.2, -0.15) is 9.78 Å². The predicted octanol–water partition coefficient (Wildman–Crippen LogP) is 4.10. The van der Waals surface area contributed by atoms with Gasteiger partial charge in [0.25, 0.3) is 0 Å². The second-order valence-corrected chi connectivity index (χ2v) is 8.29. The molecule has 6 nitrogen and oxygen atoms in total. The van der Waals surface area contributed by atoms with Crippen molar-refractivity contribution in [2.24, 2.45) is 0 Å². The largest absolute Gasteiger partial charge is 0.344 e. The molecule has 0 bridgehead atoms. The van der Waals surface area contributed by atoms with Crippen LogP contribution in [-0.2, 0) is 9.84 Å². The number of aromatic nitrogens is 2. The third kappa shape index (κ3) is 3.61. The van der Waals surface area contributed by atoms with E-state index in [0.717, 1.165) is 4.68 Å². The molecule has 24 heavy (non-hydrogen) atoms. The molecular weight excluding hydrogens is 441 g/mol. The Kier molecular flexibility index (Phi) is 5.95. The number of halogens is 3. The van der Waals surface area contributed by atoms with E-state index in [1.165, 1.54) is 29.3 Å². The van der Waals surface area contributed by atoms with Crippen LogP contribution in [0.5, 0.6) is 0 Å². The summed E-state index contributed by atoms with van der Waals surface area (Å²) in [4.78, 5) is 13.8. The van der Waals surface area contributed by atoms with Gasteiger partial charge in [0.2, 0.25) is 9.84 Å². The highest BCUT2D eigenvalue weighted by atomic mass is 79.9. The van der Waals surface area contributed by atoms with Crippen molar-refractivity contribution in [3.63, 3.8) is 0 Å². The molecule has 2 aromatic rings. The highest BCUT2D eigenvalue weighted by molar-refractivity contribution is 9.10. The predicted molar refractivity (Wildman–Crippen MR) is 95.6 cm³/mol. The van der Waals surface area contributed by atoms with Gasteiger partial charge in [-0.1, -0.05) is 23.2 Å². The molecule has 0 N–H and O–H groups in total. The normalized spacial score (nSPS) is 11.5. The first-order valence-electron chi connectivity index (χ1n) is 6.97. The highest BCUT2D eigenvalue weighted by Crippen LogP contribution is 2.30. The van der Waals surface area contributed by atoms with Gasteiger partial charge in [0.1, 0.15) is 0 Å². The van der Waals surface area contributed by atoms with Gasteiger partial charge in [0.15, 0.2) is 5.03 Å². The Morgan fingerprint density at radius 2 is 1.88 bits per heavy atom. The van der Waals surface area contributed by atoms with Gasteiger partial charge in [-0.3, -0.25) is 0 Å². The minimum absolute atomic E-state index is 0.0573. The zero-order valence-corrected chi connectivity index (χ0v) is 16.7. The Labute approximate surface area is 158 Å². The van der Waals surface area contributed by atoms with E-state index >= 15 is 0 Å². The monoisotopic (exact) mass is 453 g/mol. The molecule has 0 aliphatic carbocycles. The Morgan fingerprint density at radius 3 is 2.42 bits per heavy atom. The Hall–Kier alpha value is -1.09. The number of carbonyl (C=O) groups excluding carboxylic acids is 1. The summed E-state index contributed by atoms with van der Waals surface area (Å²) in [6.07, 6.45) is 1.32. The number of rotatable bonds is 4. The average Bonchev–Trinajstić information content (AvgIpc) is 2.93. The highest BCUT2D eigenvalue weighted by Gasteiger charge is 2.27. The van der Waals surface area contributed by atoms with Gasteiger partial charge in [-0.25, -0.2) is 13.2 Å². The van der Waals surface area contributed by atoms with Gasteiger partial charge in [0.05, 0.1) is 25.6 Å². The van der Waals surface area contributed by atoms with Crippen LogP contribution in [0.25, 0.3) is 0 Å². The smallest absolute Gasteiger partial charge is 0.323 e. The topological polar surface area (TPSA) is 72.3 Å². The number of nitrogens with zero attached hydrogens (tertiary/aromatic N) is 3. The van der Waals surface area contributed by atoms with E-state index < -0.39 is 15.9 Å². The van der Waals surface area contributed by atoms with Gasteiger partial charge in [0, 0.05) is 13.1 Å². The van der Waals surface area contributed by atoms with E-state index in [4.69, 9.17) is 23.2 Å². The molecule has 0 fully saturated rings. The molecule has 1 aromatic carbocycles. The second kappa shape index (κ2) is 7.43. The fourth-order valence-electron chi connectivity index (χ4n) is 2.01. The first-order valence-corrected chi connectivity index (χ1v) is 10.00. The summed E-state index contributed by atoms with van der Waals surface area (Å²) >= 11 is 14.9. The number of hydrogen-bond donors (Lipinski definition) is 0. The Morgan fingerprint density at radius 1 is 1.25 bits per heavy atom. The molecular formula is C14H14BrCl2N3O3S. The van der Waals surface area contributed by atoms with Crippen LogP contribution in [-0.4, -0.2) is 42.2 Å². The van der Waals surface area contributed by atoms with Crippen molar-refractivity contribution in [2.75, 3.05) is 13.1 Å². The summed E-state index contributed by atoms with van der Waals surface area (Å²) in [6.45, 7) is 4.63. The summed E-state index contributed by atoms with van der Waals surface area (Å²) in [6, 6.07) is 3.57. The zero-order valence-electron chi connectivity index (χ0n) is 12.8. The van der Waals surface area contributed by atoms with E-state index in [9.17, 15) is 13.2 Å². The SMILES string of the molecule is CCN(CC)C(=O)n1cc(Br)c(S(=O)(=O)c2ccc(Cl)c(Cl)c2)n1. The second-order valence-electron chi connectivity index (χ2n) is 4.76. The third-order valence-corrected chi connectivity index (χ3v) is 6.59. The van der Waals surface area contributed by atoms with Crippen LogP contribution in [0, 0.1) is 0 Å². The lowest BCUT2D eigenvalue weighted by Crippen LogP contribution is -2.34. The molecule has 0 unspecified atom stereocenters. The maximum atomic E-state index is 12.7. The minimum atomic E-state index is -3.95. The number of amides is 1. The number of sulfone groups is 1. The van der Waals surface area contributed by atoms with Crippen LogP contribution >= 0.6 is 39.1 Å². The summed E-state index contributed by atoms with van der Waals surface area (Å²) in [7, 11) is -3.95. The zero-order chi connectivity index (χ0) is 18.1. The fraction of sp³-hybridized carbons (Fsp3) is 0.286. The third-order valence-electron chi connectivity index (χ3n) is 3.32. The minimum Gasteiger partial charge on any atom is -0.323 e. The average molecular weight is 455 g/mol. The van der Waals surface area contributed by atoms with Crippen LogP contribution in [0.15, 0.2) is 38.8 Å². The standard InChI is InChI=1S/C14H14BrCl2N3O3S/c1-3-19(4-2)14(21)20-8-10(15)13(18-20)24(22,23)9-5-6-11(16)12(17)7-9/h5-8H,3-4H2,1-2H3. The van der Waals surface area contributed by atoms with E-state index in [0.29, 0.717) is 13.1 Å². The van der Waals surface area contributed by atoms with Gasteiger partial charge in [-0.05, 0) is 48.0 Å². The summed E-state index contributed by atoms with van der Waals surface area (Å²) in [5.41, 5.74) is 0. The molecule has 10 heteroatoms. The van der Waals surface area contributed by atoms with Crippen molar-refractivity contribution < 1.29 is 13.2 Å². The van der Waals surface area contributed by atoms with Crippen molar-refractivity contribution in [2.45, 2.75) is 23.8 Å². The van der Waals surface area contributed by atoms with E-state index in [1.54, 1.807) is 0 Å². The molecule has 130 valence electrons. The molecule has 1 aromatic heterocycles. The van der Waals surface area contributed by atoms with Gasteiger partial charge in [-0.15, -0.1) is 0 Å². The van der Waals surface area contributed by atoms with Crippen LogP contribution in [0.1, 0.15) is 13.8 Å². The summed E-state index contributed by atoms with van der Waals surface area (Å²) in [5.74, 6) is 0. The van der Waals surface area contributed by atoms with Crippen LogP contribution in [0.2, 0.25) is 10.0 Å². The summed E-state index contributed by atoms with van der Waals surface area (Å²) < 4.78 is 26.7. The van der Waals surface area contributed by atoms with Gasteiger partial charge < -0.3 is 4.90 Å². The van der Waals surface area contributed by atoms with Crippen molar-refractivity contribution in [1.82, 2.24) is 14.7 Å². The molecule has 1 amide bonds. The van der Waals surface area contributed by atoms with E-state index in [-0.39, 0.29) is 24.4 Å². The number of carbonyl (C=O) groups is 1. The van der Waals surface area contributed by atoms with Crippen molar-refractivity contribution in [3.05, 3.63) is 38.9 Å². The lowest BCUT2D eigenvalue weighted by atomic mass is 10.4. The number of benzene rings is 1. The molecule has 1 heterocycles. The number of hydrogen-bond acceptors (Lipinski definition) is 4. The van der Waals surface area contributed by atoms with Crippen LogP contribution in [0.4, 0.5) is 4.79 Å². The molecule has 0 saturated heterocycles. The van der Waals surface area contributed by atoms with Crippen LogP contribution < -0.4 is 0 Å². The van der Waals surface area contributed by atoms with Crippen LogP contribution in [0.3, 0.4) is 0 Å². The lowest BCUT2D eigenvalue weighted by Gasteiger charge is -2.17. The first kappa shape index (κ1) is 19.2. The molecule has 0 aliphatic heterocycles. The summed E-state index contributed by atoms with van der Waals surface area (Å²) in [5, 5.41) is 4.04. The molecule has 0 spiro atoms. The Bertz CT molecular complexity index is 879. The molecule has 0 saturated carbocycles. The van der Waals surface area contributed by atoms with Crippen molar-refractivity contribution in [3.8, 4) is 0 Å². The first-order chi connectivity index (χ1) is 11.2.